The second-order valence-electron chi connectivity index (χ2n) is 4.41. The maximum Gasteiger partial charge on any atom is 0.133 e. The fourth-order valence-corrected chi connectivity index (χ4v) is 1.84. The van der Waals surface area contributed by atoms with Gasteiger partial charge >= 0.3 is 0 Å². The van der Waals surface area contributed by atoms with E-state index in [1.54, 1.807) is 0 Å². The van der Waals surface area contributed by atoms with Gasteiger partial charge in [0.15, 0.2) is 0 Å². The molecule has 0 aliphatic heterocycles. The molecule has 0 bridgehead atoms. The van der Waals surface area contributed by atoms with Gasteiger partial charge in [0.2, 0.25) is 0 Å². The monoisotopic (exact) mass is 285 g/mol. The first kappa shape index (κ1) is 13.5. The van der Waals surface area contributed by atoms with Crippen LogP contribution in [0.5, 0.6) is 5.75 Å². The van der Waals surface area contributed by atoms with Crippen LogP contribution in [0.4, 0.5) is 0 Å². The van der Waals surface area contributed by atoms with Gasteiger partial charge in [-0.1, -0.05) is 19.9 Å². The van der Waals surface area contributed by atoms with Crippen LogP contribution in [0.1, 0.15) is 32.4 Å². The summed E-state index contributed by atoms with van der Waals surface area (Å²) >= 11 is 3.54. The van der Waals surface area contributed by atoms with Gasteiger partial charge in [-0.25, -0.2) is 0 Å². The fraction of sp³-hybridized carbons (Fsp3) is 0.538. The van der Waals surface area contributed by atoms with Crippen LogP contribution in [0.2, 0.25) is 0 Å². The Bertz CT molecular complexity index is 339. The van der Waals surface area contributed by atoms with Crippen LogP contribution < -0.4 is 10.1 Å². The van der Waals surface area contributed by atoms with E-state index in [1.807, 2.05) is 13.1 Å². The van der Waals surface area contributed by atoms with E-state index in [1.165, 1.54) is 5.56 Å². The molecule has 0 saturated carbocycles. The highest BCUT2D eigenvalue weighted by Gasteiger charge is 2.07. The Morgan fingerprint density at radius 2 is 2.00 bits per heavy atom. The topological polar surface area (TPSA) is 21.3 Å². The molecule has 90 valence electrons. The Morgan fingerprint density at radius 1 is 1.31 bits per heavy atom. The first-order chi connectivity index (χ1) is 7.54. The minimum atomic E-state index is 0.357. The molecule has 0 aromatic heterocycles. The van der Waals surface area contributed by atoms with Crippen LogP contribution in [-0.4, -0.2) is 13.7 Å². The molecule has 1 atom stereocenters. The molecule has 0 saturated heterocycles. The SMILES string of the molecule is CNC(C)c1ccc(OCC(C)C)c(Br)c1. The van der Waals surface area contributed by atoms with Crippen molar-refractivity contribution in [2.75, 3.05) is 13.7 Å². The zero-order valence-electron chi connectivity index (χ0n) is 10.4. The molecule has 0 amide bonds. The highest BCUT2D eigenvalue weighted by atomic mass is 79.9. The molecule has 1 aromatic rings. The number of hydrogen-bond donors (Lipinski definition) is 1. The van der Waals surface area contributed by atoms with E-state index in [9.17, 15) is 0 Å². The molecular formula is C13H20BrNO. The van der Waals surface area contributed by atoms with Crippen molar-refractivity contribution >= 4 is 15.9 Å². The van der Waals surface area contributed by atoms with Gasteiger partial charge in [-0.2, -0.15) is 0 Å². The van der Waals surface area contributed by atoms with Gasteiger partial charge in [-0.15, -0.1) is 0 Å². The Kier molecular flexibility index (Phi) is 5.29. The first-order valence-corrected chi connectivity index (χ1v) is 6.43. The summed E-state index contributed by atoms with van der Waals surface area (Å²) in [6.45, 7) is 7.17. The molecule has 16 heavy (non-hydrogen) atoms. The average molecular weight is 286 g/mol. The predicted molar refractivity (Wildman–Crippen MR) is 71.9 cm³/mol. The molecule has 2 nitrogen and oxygen atoms in total. The lowest BCUT2D eigenvalue weighted by molar-refractivity contribution is 0.269. The fourth-order valence-electron chi connectivity index (χ4n) is 1.33. The van der Waals surface area contributed by atoms with Gasteiger partial charge in [0.1, 0.15) is 5.75 Å². The minimum absolute atomic E-state index is 0.357. The minimum Gasteiger partial charge on any atom is -0.492 e. The molecule has 1 rings (SSSR count). The third kappa shape index (κ3) is 3.80. The summed E-state index contributed by atoms with van der Waals surface area (Å²) in [5.74, 6) is 1.46. The second-order valence-corrected chi connectivity index (χ2v) is 5.26. The summed E-state index contributed by atoms with van der Waals surface area (Å²) in [7, 11) is 1.96. The van der Waals surface area contributed by atoms with E-state index >= 15 is 0 Å². The van der Waals surface area contributed by atoms with Crippen LogP contribution in [0.25, 0.3) is 0 Å². The maximum absolute atomic E-state index is 5.70. The van der Waals surface area contributed by atoms with Crippen molar-refractivity contribution in [2.24, 2.45) is 5.92 Å². The van der Waals surface area contributed by atoms with Gasteiger partial charge in [-0.05, 0) is 53.5 Å². The zero-order chi connectivity index (χ0) is 12.1. The van der Waals surface area contributed by atoms with Gasteiger partial charge in [0, 0.05) is 6.04 Å². The number of hydrogen-bond acceptors (Lipinski definition) is 2. The summed E-state index contributed by atoms with van der Waals surface area (Å²) in [6, 6.07) is 6.59. The lowest BCUT2D eigenvalue weighted by Crippen LogP contribution is -2.12. The lowest BCUT2D eigenvalue weighted by atomic mass is 10.1. The summed E-state index contributed by atoms with van der Waals surface area (Å²) in [5.41, 5.74) is 1.26. The third-order valence-electron chi connectivity index (χ3n) is 2.46. The molecule has 0 radical (unpaired) electrons. The zero-order valence-corrected chi connectivity index (χ0v) is 12.0. The highest BCUT2D eigenvalue weighted by Crippen LogP contribution is 2.28. The maximum atomic E-state index is 5.70. The molecule has 1 aromatic carbocycles. The predicted octanol–water partition coefficient (Wildman–Crippen LogP) is 3.76. The van der Waals surface area contributed by atoms with E-state index < -0.39 is 0 Å². The van der Waals surface area contributed by atoms with Gasteiger partial charge in [-0.3, -0.25) is 0 Å². The van der Waals surface area contributed by atoms with E-state index in [2.05, 4.69) is 54.2 Å². The number of rotatable bonds is 5. The molecule has 0 spiro atoms. The third-order valence-corrected chi connectivity index (χ3v) is 3.08. The number of ether oxygens (including phenoxy) is 1. The van der Waals surface area contributed by atoms with E-state index in [4.69, 9.17) is 4.74 Å². The highest BCUT2D eigenvalue weighted by molar-refractivity contribution is 9.10. The number of nitrogens with one attached hydrogen (secondary N) is 1. The lowest BCUT2D eigenvalue weighted by Gasteiger charge is -2.14. The van der Waals surface area contributed by atoms with E-state index in [0.717, 1.165) is 16.8 Å². The Labute approximate surface area is 107 Å². The van der Waals surface area contributed by atoms with Crippen LogP contribution in [-0.2, 0) is 0 Å². The van der Waals surface area contributed by atoms with Crippen molar-refractivity contribution in [3.05, 3.63) is 28.2 Å². The average Bonchev–Trinajstić information content (AvgIpc) is 2.26. The standard InChI is InChI=1S/C13H20BrNO/c1-9(2)8-16-13-6-5-11(7-12(13)14)10(3)15-4/h5-7,9-10,15H,8H2,1-4H3. The molecule has 0 aliphatic carbocycles. The summed E-state index contributed by atoms with van der Waals surface area (Å²) in [6.07, 6.45) is 0. The van der Waals surface area contributed by atoms with Crippen molar-refractivity contribution in [3.63, 3.8) is 0 Å². The van der Waals surface area contributed by atoms with Crippen molar-refractivity contribution in [2.45, 2.75) is 26.8 Å². The molecular weight excluding hydrogens is 266 g/mol. The van der Waals surface area contributed by atoms with Crippen LogP contribution in [0.15, 0.2) is 22.7 Å². The van der Waals surface area contributed by atoms with Crippen LogP contribution in [0.3, 0.4) is 0 Å². The van der Waals surface area contributed by atoms with Gasteiger partial charge in [0.05, 0.1) is 11.1 Å². The van der Waals surface area contributed by atoms with Crippen molar-refractivity contribution < 1.29 is 4.74 Å². The summed E-state index contributed by atoms with van der Waals surface area (Å²) in [4.78, 5) is 0. The van der Waals surface area contributed by atoms with E-state index in [0.29, 0.717) is 12.0 Å². The normalized spacial score (nSPS) is 12.9. The van der Waals surface area contributed by atoms with Crippen molar-refractivity contribution in [1.29, 1.82) is 0 Å². The second kappa shape index (κ2) is 6.26. The van der Waals surface area contributed by atoms with Gasteiger partial charge < -0.3 is 10.1 Å². The Hall–Kier alpha value is -0.540. The molecule has 1 N–H and O–H groups in total. The van der Waals surface area contributed by atoms with E-state index in [-0.39, 0.29) is 0 Å². The first-order valence-electron chi connectivity index (χ1n) is 5.64. The summed E-state index contributed by atoms with van der Waals surface area (Å²) in [5, 5.41) is 3.22. The van der Waals surface area contributed by atoms with Crippen LogP contribution in [0, 0.1) is 5.92 Å². The number of halogens is 1. The molecule has 1 unspecified atom stereocenters. The molecule has 0 heterocycles. The van der Waals surface area contributed by atoms with Crippen LogP contribution >= 0.6 is 15.9 Å². The Balaban J connectivity index is 2.75. The largest absolute Gasteiger partial charge is 0.492 e. The smallest absolute Gasteiger partial charge is 0.133 e. The molecule has 3 heteroatoms. The number of benzene rings is 1. The van der Waals surface area contributed by atoms with Crippen molar-refractivity contribution in [3.8, 4) is 5.75 Å². The molecule has 0 aliphatic rings. The van der Waals surface area contributed by atoms with Crippen molar-refractivity contribution in [1.82, 2.24) is 5.32 Å². The molecule has 0 fully saturated rings. The quantitative estimate of drug-likeness (QED) is 0.889. The Morgan fingerprint density at radius 3 is 2.50 bits per heavy atom. The van der Waals surface area contributed by atoms with Gasteiger partial charge in [0.25, 0.3) is 0 Å². The summed E-state index contributed by atoms with van der Waals surface area (Å²) < 4.78 is 6.72.